The van der Waals surface area contributed by atoms with Gasteiger partial charge in [0, 0.05) is 11.2 Å². The molecule has 160 valence electrons. The number of carbonyl (C=O) groups is 2. The summed E-state index contributed by atoms with van der Waals surface area (Å²) in [6.07, 6.45) is 17.4. The number of alkyl halides is 1. The van der Waals surface area contributed by atoms with E-state index in [1.807, 2.05) is 0 Å². The van der Waals surface area contributed by atoms with Crippen molar-refractivity contribution in [2.75, 3.05) is 0 Å². The molecule has 0 aliphatic heterocycles. The van der Waals surface area contributed by atoms with Gasteiger partial charge in [-0.2, -0.15) is 0 Å². The summed E-state index contributed by atoms with van der Waals surface area (Å²) in [6, 6.07) is 0. The van der Waals surface area contributed by atoms with Crippen LogP contribution < -0.4 is 0 Å². The standard InChI is InChI=1S/C23H37BrO4/c24-19-13-9-14-20(23(27)28)22(17-10-7-8-11-17)18(16-19)12-5-3-1-2-4-6-15-21(25)26/h10,18-20,22H,1-9,11-16H2,(H,25,26)(H,27,28). The molecular formula is C23H37BrO4. The van der Waals surface area contributed by atoms with E-state index in [4.69, 9.17) is 5.11 Å². The molecule has 2 aliphatic carbocycles. The van der Waals surface area contributed by atoms with E-state index >= 15 is 0 Å². The van der Waals surface area contributed by atoms with Crippen LogP contribution in [0, 0.1) is 17.8 Å². The number of unbranched alkanes of at least 4 members (excludes halogenated alkanes) is 5. The quantitative estimate of drug-likeness (QED) is 0.209. The Kier molecular flexibility index (Phi) is 10.6. The van der Waals surface area contributed by atoms with Crippen molar-refractivity contribution in [3.05, 3.63) is 11.6 Å². The molecule has 0 aromatic heterocycles. The van der Waals surface area contributed by atoms with Crippen molar-refractivity contribution in [3.8, 4) is 0 Å². The van der Waals surface area contributed by atoms with Crippen LogP contribution in [0.4, 0.5) is 0 Å². The monoisotopic (exact) mass is 456 g/mol. The van der Waals surface area contributed by atoms with Gasteiger partial charge >= 0.3 is 11.9 Å². The Hall–Kier alpha value is -0.840. The highest BCUT2D eigenvalue weighted by Crippen LogP contribution is 2.44. The average Bonchev–Trinajstić information content (AvgIpc) is 3.14. The Morgan fingerprint density at radius 3 is 2.36 bits per heavy atom. The lowest BCUT2D eigenvalue weighted by molar-refractivity contribution is -0.144. The molecule has 2 aliphatic rings. The summed E-state index contributed by atoms with van der Waals surface area (Å²) >= 11 is 3.85. The lowest BCUT2D eigenvalue weighted by Gasteiger charge is -2.36. The normalized spacial score (nSPS) is 28.4. The van der Waals surface area contributed by atoms with E-state index in [0.29, 0.717) is 10.7 Å². The minimum atomic E-state index is -0.700. The number of aliphatic carboxylic acids is 2. The Bertz CT molecular complexity index is 531. The second-order valence-corrected chi connectivity index (χ2v) is 10.0. The Labute approximate surface area is 178 Å². The lowest BCUT2D eigenvalue weighted by Crippen LogP contribution is -2.34. The molecule has 1 fully saturated rings. The van der Waals surface area contributed by atoms with Crippen LogP contribution in [0.3, 0.4) is 0 Å². The minimum absolute atomic E-state index is 0.217. The molecule has 0 bridgehead atoms. The molecule has 0 spiro atoms. The van der Waals surface area contributed by atoms with Gasteiger partial charge in [-0.25, -0.2) is 0 Å². The summed E-state index contributed by atoms with van der Waals surface area (Å²) in [5, 5.41) is 18.6. The maximum atomic E-state index is 12.1. The van der Waals surface area contributed by atoms with Crippen molar-refractivity contribution in [2.45, 2.75) is 101 Å². The highest BCUT2D eigenvalue weighted by molar-refractivity contribution is 9.09. The number of halogens is 1. The van der Waals surface area contributed by atoms with Crippen molar-refractivity contribution in [1.29, 1.82) is 0 Å². The van der Waals surface area contributed by atoms with Gasteiger partial charge in [-0.15, -0.1) is 0 Å². The van der Waals surface area contributed by atoms with Crippen LogP contribution in [-0.2, 0) is 9.59 Å². The molecular weight excluding hydrogens is 420 g/mol. The van der Waals surface area contributed by atoms with Gasteiger partial charge in [0.2, 0.25) is 0 Å². The van der Waals surface area contributed by atoms with Crippen molar-refractivity contribution < 1.29 is 19.8 Å². The Morgan fingerprint density at radius 1 is 1.00 bits per heavy atom. The van der Waals surface area contributed by atoms with Crippen LogP contribution in [0.1, 0.15) is 96.3 Å². The fourth-order valence-electron chi connectivity index (χ4n) is 5.18. The van der Waals surface area contributed by atoms with E-state index in [0.717, 1.165) is 77.0 Å². The molecule has 2 N–H and O–H groups in total. The fourth-order valence-corrected chi connectivity index (χ4v) is 5.99. The second-order valence-electron chi connectivity index (χ2n) is 8.72. The predicted molar refractivity (Wildman–Crippen MR) is 116 cm³/mol. The summed E-state index contributed by atoms with van der Waals surface area (Å²) in [7, 11) is 0. The number of hydrogen-bond acceptors (Lipinski definition) is 2. The molecule has 0 saturated heterocycles. The maximum absolute atomic E-state index is 12.1. The number of rotatable bonds is 11. The van der Waals surface area contributed by atoms with Crippen molar-refractivity contribution in [1.82, 2.24) is 0 Å². The molecule has 4 atom stereocenters. The summed E-state index contributed by atoms with van der Waals surface area (Å²) in [5.74, 6) is -0.841. The first kappa shape index (κ1) is 23.4. The van der Waals surface area contributed by atoms with Gasteiger partial charge in [0.25, 0.3) is 0 Å². The summed E-state index contributed by atoms with van der Waals surface area (Å²) in [5.41, 5.74) is 1.42. The maximum Gasteiger partial charge on any atom is 0.307 e. The van der Waals surface area contributed by atoms with Gasteiger partial charge in [-0.1, -0.05) is 66.1 Å². The molecule has 0 radical (unpaired) electrons. The third kappa shape index (κ3) is 7.88. The molecule has 5 heteroatoms. The largest absolute Gasteiger partial charge is 0.481 e. The number of carboxylic acid groups (broad SMARTS) is 2. The first-order valence-corrected chi connectivity index (χ1v) is 12.2. The van der Waals surface area contributed by atoms with Crippen molar-refractivity contribution >= 4 is 27.9 Å². The van der Waals surface area contributed by atoms with E-state index in [9.17, 15) is 14.7 Å². The summed E-state index contributed by atoms with van der Waals surface area (Å²) in [4.78, 5) is 23.1. The Morgan fingerprint density at radius 2 is 1.71 bits per heavy atom. The zero-order valence-electron chi connectivity index (χ0n) is 17.1. The van der Waals surface area contributed by atoms with Gasteiger partial charge in [0.1, 0.15) is 0 Å². The van der Waals surface area contributed by atoms with Gasteiger partial charge in [0.15, 0.2) is 0 Å². The highest BCUT2D eigenvalue weighted by atomic mass is 79.9. The van der Waals surface area contributed by atoms with E-state index < -0.39 is 11.9 Å². The third-order valence-electron chi connectivity index (χ3n) is 6.57. The van der Waals surface area contributed by atoms with E-state index in [2.05, 4.69) is 22.0 Å². The van der Waals surface area contributed by atoms with Crippen LogP contribution >= 0.6 is 15.9 Å². The molecule has 28 heavy (non-hydrogen) atoms. The SMILES string of the molecule is O=C(O)CCCCCCCCC1CC(Br)CCCC(C(=O)O)C1C1=CCCC1. The van der Waals surface area contributed by atoms with Gasteiger partial charge in [-0.3, -0.25) is 9.59 Å². The minimum Gasteiger partial charge on any atom is -0.481 e. The van der Waals surface area contributed by atoms with E-state index in [1.165, 1.54) is 18.4 Å². The molecule has 4 nitrogen and oxygen atoms in total. The molecule has 0 heterocycles. The zero-order chi connectivity index (χ0) is 20.4. The fraction of sp³-hybridized carbons (Fsp3) is 0.826. The van der Waals surface area contributed by atoms with Gasteiger partial charge in [-0.05, 0) is 63.2 Å². The Balaban J connectivity index is 1.89. The molecule has 2 rings (SSSR count). The third-order valence-corrected chi connectivity index (χ3v) is 7.40. The molecule has 0 aromatic rings. The smallest absolute Gasteiger partial charge is 0.307 e. The summed E-state index contributed by atoms with van der Waals surface area (Å²) in [6.45, 7) is 0. The molecule has 0 amide bonds. The van der Waals surface area contributed by atoms with Crippen molar-refractivity contribution in [2.24, 2.45) is 17.8 Å². The molecule has 1 saturated carbocycles. The highest BCUT2D eigenvalue weighted by Gasteiger charge is 2.38. The van der Waals surface area contributed by atoms with Crippen molar-refractivity contribution in [3.63, 3.8) is 0 Å². The van der Waals surface area contributed by atoms with E-state index in [1.54, 1.807) is 0 Å². The van der Waals surface area contributed by atoms with E-state index in [-0.39, 0.29) is 18.3 Å². The van der Waals surface area contributed by atoms with Gasteiger partial charge in [0.05, 0.1) is 5.92 Å². The van der Waals surface area contributed by atoms with Crippen LogP contribution in [-0.4, -0.2) is 27.0 Å². The second kappa shape index (κ2) is 12.7. The predicted octanol–water partition coefficient (Wildman–Crippen LogP) is 6.57. The number of carboxylic acids is 2. The molecule has 0 aromatic carbocycles. The lowest BCUT2D eigenvalue weighted by atomic mass is 9.69. The summed E-state index contributed by atoms with van der Waals surface area (Å²) < 4.78 is 0. The number of hydrogen-bond donors (Lipinski definition) is 2. The van der Waals surface area contributed by atoms with Crippen LogP contribution in [0.25, 0.3) is 0 Å². The van der Waals surface area contributed by atoms with Crippen LogP contribution in [0.2, 0.25) is 0 Å². The van der Waals surface area contributed by atoms with Crippen LogP contribution in [0.5, 0.6) is 0 Å². The average molecular weight is 457 g/mol. The zero-order valence-corrected chi connectivity index (χ0v) is 18.7. The number of allylic oxidation sites excluding steroid dienone is 2. The van der Waals surface area contributed by atoms with Gasteiger partial charge < -0.3 is 10.2 Å². The first-order valence-electron chi connectivity index (χ1n) is 11.3. The molecule has 4 unspecified atom stereocenters. The first-order chi connectivity index (χ1) is 13.5. The topological polar surface area (TPSA) is 74.6 Å². The van der Waals surface area contributed by atoms with Crippen LogP contribution in [0.15, 0.2) is 11.6 Å².